The minimum atomic E-state index is -4.77. The van der Waals surface area contributed by atoms with Gasteiger partial charge in [-0.25, -0.2) is 4.79 Å². The van der Waals surface area contributed by atoms with Gasteiger partial charge >= 0.3 is 12.4 Å². The number of urea groups is 1. The van der Waals surface area contributed by atoms with Crippen molar-refractivity contribution in [2.24, 2.45) is 0 Å². The Hall–Kier alpha value is -3.30. The number of aromatic nitrogens is 1. The molecular weight excluding hydrogens is 401 g/mol. The number of piperidine rings is 1. The van der Waals surface area contributed by atoms with Crippen molar-refractivity contribution in [3.63, 3.8) is 0 Å². The van der Waals surface area contributed by atoms with Gasteiger partial charge in [0.2, 0.25) is 0 Å². The van der Waals surface area contributed by atoms with Gasteiger partial charge in [-0.1, -0.05) is 0 Å². The average molecular weight is 422 g/mol. The van der Waals surface area contributed by atoms with E-state index < -0.39 is 12.4 Å². The number of benzene rings is 1. The van der Waals surface area contributed by atoms with Crippen LogP contribution in [0.25, 0.3) is 0 Å². The average Bonchev–Trinajstić information content (AvgIpc) is 2.69. The fourth-order valence-corrected chi connectivity index (χ4v) is 3.10. The predicted molar refractivity (Wildman–Crippen MR) is 103 cm³/mol. The van der Waals surface area contributed by atoms with E-state index in [1.807, 2.05) is 6.92 Å². The van der Waals surface area contributed by atoms with E-state index >= 15 is 0 Å². The van der Waals surface area contributed by atoms with E-state index in [4.69, 9.17) is 0 Å². The second kappa shape index (κ2) is 9.02. The summed E-state index contributed by atoms with van der Waals surface area (Å²) in [4.78, 5) is 30.5. The van der Waals surface area contributed by atoms with Gasteiger partial charge in [0.05, 0.1) is 5.56 Å². The normalized spacial score (nSPS) is 14.9. The highest BCUT2D eigenvalue weighted by molar-refractivity contribution is 5.94. The number of amides is 3. The first-order valence-electron chi connectivity index (χ1n) is 9.35. The van der Waals surface area contributed by atoms with Crippen LogP contribution in [-0.2, 0) is 0 Å². The summed E-state index contributed by atoms with van der Waals surface area (Å²) in [6.07, 6.45) is -2.02. The minimum Gasteiger partial charge on any atom is -0.406 e. The molecule has 1 aliphatic rings. The molecule has 0 spiro atoms. The molecule has 1 aromatic heterocycles. The van der Waals surface area contributed by atoms with E-state index in [-0.39, 0.29) is 17.7 Å². The molecule has 1 aromatic carbocycles. The number of ether oxygens (including phenoxy) is 1. The van der Waals surface area contributed by atoms with Crippen molar-refractivity contribution < 1.29 is 27.5 Å². The number of nitrogens with zero attached hydrogens (tertiary/aromatic N) is 2. The zero-order chi connectivity index (χ0) is 21.7. The number of alkyl halides is 3. The van der Waals surface area contributed by atoms with Gasteiger partial charge in [0, 0.05) is 36.7 Å². The highest BCUT2D eigenvalue weighted by Crippen LogP contribution is 2.24. The number of rotatable bonds is 4. The van der Waals surface area contributed by atoms with Crippen LogP contribution in [0.15, 0.2) is 42.6 Å². The van der Waals surface area contributed by atoms with Crippen molar-refractivity contribution in [3.05, 3.63) is 53.9 Å². The van der Waals surface area contributed by atoms with E-state index in [0.29, 0.717) is 37.2 Å². The first-order chi connectivity index (χ1) is 14.2. The summed E-state index contributed by atoms with van der Waals surface area (Å²) in [5, 5.41) is 5.38. The van der Waals surface area contributed by atoms with Gasteiger partial charge in [0.25, 0.3) is 5.91 Å². The summed E-state index contributed by atoms with van der Waals surface area (Å²) in [6.45, 7) is 2.85. The van der Waals surface area contributed by atoms with Crippen LogP contribution in [0.4, 0.5) is 23.7 Å². The van der Waals surface area contributed by atoms with E-state index in [1.165, 1.54) is 12.1 Å². The lowest BCUT2D eigenvalue weighted by Crippen LogP contribution is -2.47. The molecule has 2 aromatic rings. The molecule has 0 atom stereocenters. The van der Waals surface area contributed by atoms with E-state index in [0.717, 1.165) is 17.8 Å². The SMILES string of the molecule is Cc1ccc(C(=O)N2CCC(NC(=O)Nc3ccc(OC(F)(F)F)cc3)CC2)cn1. The van der Waals surface area contributed by atoms with Crippen LogP contribution >= 0.6 is 0 Å². The van der Waals surface area contributed by atoms with Crippen molar-refractivity contribution in [2.75, 3.05) is 18.4 Å². The van der Waals surface area contributed by atoms with Crippen molar-refractivity contribution >= 4 is 17.6 Å². The van der Waals surface area contributed by atoms with Crippen molar-refractivity contribution in [2.45, 2.75) is 32.2 Å². The molecule has 1 saturated heterocycles. The third kappa shape index (κ3) is 6.10. The van der Waals surface area contributed by atoms with Crippen LogP contribution in [0.3, 0.4) is 0 Å². The largest absolute Gasteiger partial charge is 0.573 e. The summed E-state index contributed by atoms with van der Waals surface area (Å²) < 4.78 is 40.3. The molecule has 30 heavy (non-hydrogen) atoms. The van der Waals surface area contributed by atoms with Gasteiger partial charge in [-0.15, -0.1) is 13.2 Å². The van der Waals surface area contributed by atoms with Crippen LogP contribution in [0.1, 0.15) is 28.9 Å². The molecule has 2 N–H and O–H groups in total. The van der Waals surface area contributed by atoms with E-state index in [9.17, 15) is 22.8 Å². The number of halogens is 3. The maximum atomic E-state index is 12.5. The molecule has 0 saturated carbocycles. The maximum Gasteiger partial charge on any atom is 0.573 e. The molecule has 160 valence electrons. The van der Waals surface area contributed by atoms with Crippen LogP contribution in [0.5, 0.6) is 5.75 Å². The highest BCUT2D eigenvalue weighted by Gasteiger charge is 2.31. The molecule has 3 amide bonds. The number of hydrogen-bond acceptors (Lipinski definition) is 4. The Bertz CT molecular complexity index is 878. The summed E-state index contributed by atoms with van der Waals surface area (Å²) in [5.74, 6) is -0.458. The number of likely N-dealkylation sites (tertiary alicyclic amines) is 1. The third-order valence-electron chi connectivity index (χ3n) is 4.62. The lowest BCUT2D eigenvalue weighted by atomic mass is 10.0. The third-order valence-corrected chi connectivity index (χ3v) is 4.62. The van der Waals surface area contributed by atoms with Gasteiger partial charge in [0.1, 0.15) is 5.75 Å². The van der Waals surface area contributed by atoms with Crippen molar-refractivity contribution in [1.29, 1.82) is 0 Å². The smallest absolute Gasteiger partial charge is 0.406 e. The molecule has 0 unspecified atom stereocenters. The number of anilines is 1. The number of carbonyl (C=O) groups excluding carboxylic acids is 2. The number of hydrogen-bond donors (Lipinski definition) is 2. The number of nitrogens with one attached hydrogen (secondary N) is 2. The quantitative estimate of drug-likeness (QED) is 0.787. The van der Waals surface area contributed by atoms with Gasteiger partial charge in [-0.3, -0.25) is 9.78 Å². The Kier molecular flexibility index (Phi) is 6.43. The highest BCUT2D eigenvalue weighted by atomic mass is 19.4. The Balaban J connectivity index is 1.45. The van der Waals surface area contributed by atoms with E-state index in [2.05, 4.69) is 20.4 Å². The lowest BCUT2D eigenvalue weighted by Gasteiger charge is -2.32. The lowest BCUT2D eigenvalue weighted by molar-refractivity contribution is -0.274. The Morgan fingerprint density at radius 1 is 1.10 bits per heavy atom. The van der Waals surface area contributed by atoms with Crippen LogP contribution in [0, 0.1) is 6.92 Å². The molecule has 2 heterocycles. The number of pyridine rings is 1. The van der Waals surface area contributed by atoms with Gasteiger partial charge in [-0.05, 0) is 56.2 Å². The Labute approximate surface area is 171 Å². The van der Waals surface area contributed by atoms with Crippen LogP contribution < -0.4 is 15.4 Å². The summed E-state index contributed by atoms with van der Waals surface area (Å²) >= 11 is 0. The zero-order valence-electron chi connectivity index (χ0n) is 16.2. The van der Waals surface area contributed by atoms with Crippen molar-refractivity contribution in [1.82, 2.24) is 15.2 Å². The monoisotopic (exact) mass is 422 g/mol. The van der Waals surface area contributed by atoms with Gasteiger partial charge < -0.3 is 20.3 Å². The Morgan fingerprint density at radius 3 is 2.33 bits per heavy atom. The molecule has 0 bridgehead atoms. The topological polar surface area (TPSA) is 83.6 Å². The number of aryl methyl sites for hydroxylation is 1. The summed E-state index contributed by atoms with van der Waals surface area (Å²) in [6, 6.07) is 7.82. The van der Waals surface area contributed by atoms with Gasteiger partial charge in [0.15, 0.2) is 0 Å². The molecular formula is C20H21F3N4O3. The Morgan fingerprint density at radius 2 is 1.77 bits per heavy atom. The van der Waals surface area contributed by atoms with E-state index in [1.54, 1.807) is 23.2 Å². The van der Waals surface area contributed by atoms with Gasteiger partial charge in [-0.2, -0.15) is 0 Å². The maximum absolute atomic E-state index is 12.5. The van der Waals surface area contributed by atoms with Crippen LogP contribution in [0.2, 0.25) is 0 Å². The molecule has 3 rings (SSSR count). The summed E-state index contributed by atoms with van der Waals surface area (Å²) in [5.41, 5.74) is 1.70. The van der Waals surface area contributed by atoms with Crippen molar-refractivity contribution in [3.8, 4) is 5.75 Å². The fraction of sp³-hybridized carbons (Fsp3) is 0.350. The second-order valence-corrected chi connectivity index (χ2v) is 6.93. The summed E-state index contributed by atoms with van der Waals surface area (Å²) in [7, 11) is 0. The molecule has 7 nitrogen and oxygen atoms in total. The standard InChI is InChI=1S/C20H21F3N4O3/c1-13-2-3-14(12-24-13)18(28)27-10-8-16(9-11-27)26-19(29)25-15-4-6-17(7-5-15)30-20(21,22)23/h2-7,12,16H,8-11H2,1H3,(H2,25,26,29). The first-order valence-corrected chi connectivity index (χ1v) is 9.35. The molecule has 1 fully saturated rings. The molecule has 0 radical (unpaired) electrons. The minimum absolute atomic E-state index is 0.0911. The molecule has 0 aliphatic carbocycles. The molecule has 10 heteroatoms. The second-order valence-electron chi connectivity index (χ2n) is 6.93. The number of carbonyl (C=O) groups is 2. The molecule has 1 aliphatic heterocycles. The predicted octanol–water partition coefficient (Wildman–Crippen LogP) is 3.71. The zero-order valence-corrected chi connectivity index (χ0v) is 16.2. The first kappa shape index (κ1) is 21.4. The van der Waals surface area contributed by atoms with Crippen LogP contribution in [-0.4, -0.2) is 47.3 Å². The fourth-order valence-electron chi connectivity index (χ4n) is 3.10.